The molecule has 16 heavy (non-hydrogen) atoms. The number of nitrogens with zero attached hydrogens (tertiary/aromatic N) is 2. The Hall–Kier alpha value is -0.120. The van der Waals surface area contributed by atoms with Crippen LogP contribution in [0.1, 0.15) is 25.7 Å². The monoisotopic (exact) mass is 223 g/mol. The number of rotatable bonds is 2. The van der Waals surface area contributed by atoms with Crippen molar-refractivity contribution in [1.29, 1.82) is 0 Å². The average molecular weight is 223 g/mol. The summed E-state index contributed by atoms with van der Waals surface area (Å²) >= 11 is 0. The van der Waals surface area contributed by atoms with Gasteiger partial charge in [0.15, 0.2) is 0 Å². The second-order valence-electron chi connectivity index (χ2n) is 6.18. The number of nitrogens with two attached hydrogens (primary N) is 1. The molecule has 0 aromatic heterocycles. The Morgan fingerprint density at radius 3 is 2.44 bits per heavy atom. The number of hydrogen-bond donors (Lipinski definition) is 1. The molecule has 3 rings (SSSR count). The summed E-state index contributed by atoms with van der Waals surface area (Å²) < 4.78 is 0. The second-order valence-corrected chi connectivity index (χ2v) is 6.18. The van der Waals surface area contributed by atoms with Crippen molar-refractivity contribution in [3.63, 3.8) is 0 Å². The highest BCUT2D eigenvalue weighted by molar-refractivity contribution is 5.08. The van der Waals surface area contributed by atoms with E-state index in [0.29, 0.717) is 5.54 Å². The molecule has 1 saturated heterocycles. The van der Waals surface area contributed by atoms with Crippen LogP contribution in [0, 0.1) is 11.8 Å². The molecule has 0 aromatic rings. The van der Waals surface area contributed by atoms with Crippen LogP contribution >= 0.6 is 0 Å². The summed E-state index contributed by atoms with van der Waals surface area (Å²) in [6.07, 6.45) is 5.76. The van der Waals surface area contributed by atoms with Gasteiger partial charge in [0, 0.05) is 38.3 Å². The van der Waals surface area contributed by atoms with Gasteiger partial charge in [0.1, 0.15) is 0 Å². The van der Waals surface area contributed by atoms with E-state index in [-0.39, 0.29) is 0 Å². The van der Waals surface area contributed by atoms with Gasteiger partial charge in [-0.3, -0.25) is 4.90 Å². The van der Waals surface area contributed by atoms with Crippen LogP contribution in [-0.2, 0) is 0 Å². The molecule has 0 amide bonds. The third-order valence-electron chi connectivity index (χ3n) is 5.43. The molecule has 2 aliphatic carbocycles. The summed E-state index contributed by atoms with van der Waals surface area (Å²) in [6, 6.07) is 0. The predicted molar refractivity (Wildman–Crippen MR) is 66.3 cm³/mol. The molecular weight excluding hydrogens is 198 g/mol. The van der Waals surface area contributed by atoms with Gasteiger partial charge in [-0.25, -0.2) is 0 Å². The Kier molecular flexibility index (Phi) is 2.73. The molecule has 3 atom stereocenters. The Bertz CT molecular complexity index is 260. The van der Waals surface area contributed by atoms with Crippen LogP contribution in [-0.4, -0.2) is 55.1 Å². The maximum absolute atomic E-state index is 6.17. The first-order chi connectivity index (χ1) is 7.74. The van der Waals surface area contributed by atoms with Crippen molar-refractivity contribution >= 4 is 0 Å². The van der Waals surface area contributed by atoms with Gasteiger partial charge in [0.25, 0.3) is 0 Å². The molecule has 2 bridgehead atoms. The maximum Gasteiger partial charge on any atom is 0.0363 e. The number of fused-ring (bicyclic) bond motifs is 2. The van der Waals surface area contributed by atoms with Crippen molar-refractivity contribution in [2.75, 3.05) is 39.8 Å². The first-order valence-electron chi connectivity index (χ1n) is 6.88. The topological polar surface area (TPSA) is 32.5 Å². The van der Waals surface area contributed by atoms with Gasteiger partial charge in [-0.1, -0.05) is 6.42 Å². The highest BCUT2D eigenvalue weighted by Crippen LogP contribution is 2.53. The maximum atomic E-state index is 6.17. The van der Waals surface area contributed by atoms with Crippen LogP contribution < -0.4 is 5.73 Å². The van der Waals surface area contributed by atoms with Crippen molar-refractivity contribution in [2.45, 2.75) is 31.2 Å². The molecule has 2 N–H and O–H groups in total. The summed E-state index contributed by atoms with van der Waals surface area (Å²) in [5, 5.41) is 0. The average Bonchev–Trinajstić information content (AvgIpc) is 2.90. The molecule has 1 aliphatic heterocycles. The van der Waals surface area contributed by atoms with Gasteiger partial charge in [-0.05, 0) is 38.1 Å². The van der Waals surface area contributed by atoms with E-state index in [9.17, 15) is 0 Å². The molecule has 92 valence electrons. The zero-order valence-electron chi connectivity index (χ0n) is 10.5. The fourth-order valence-electron chi connectivity index (χ4n) is 4.43. The summed E-state index contributed by atoms with van der Waals surface area (Å²) in [5.74, 6) is 1.90. The molecule has 3 unspecified atom stereocenters. The number of hydrogen-bond acceptors (Lipinski definition) is 3. The van der Waals surface area contributed by atoms with E-state index in [1.54, 1.807) is 0 Å². The lowest BCUT2D eigenvalue weighted by molar-refractivity contribution is 0.00729. The minimum atomic E-state index is 0.393. The standard InChI is InChI=1S/C13H25N3/c1-15-4-6-16(7-5-15)13(10-14)9-11-2-3-12(13)8-11/h11-12H,2-10,14H2,1H3. The van der Waals surface area contributed by atoms with Crippen molar-refractivity contribution in [3.8, 4) is 0 Å². The van der Waals surface area contributed by atoms with Gasteiger partial charge in [0.05, 0.1) is 0 Å². The van der Waals surface area contributed by atoms with Gasteiger partial charge >= 0.3 is 0 Å². The lowest BCUT2D eigenvalue weighted by Gasteiger charge is -2.49. The molecule has 0 spiro atoms. The van der Waals surface area contributed by atoms with E-state index in [4.69, 9.17) is 5.73 Å². The molecule has 3 nitrogen and oxygen atoms in total. The first-order valence-corrected chi connectivity index (χ1v) is 6.88. The third-order valence-corrected chi connectivity index (χ3v) is 5.43. The van der Waals surface area contributed by atoms with Crippen molar-refractivity contribution in [1.82, 2.24) is 9.80 Å². The van der Waals surface area contributed by atoms with Gasteiger partial charge in [-0.15, -0.1) is 0 Å². The van der Waals surface area contributed by atoms with E-state index in [2.05, 4.69) is 16.8 Å². The van der Waals surface area contributed by atoms with Gasteiger partial charge in [-0.2, -0.15) is 0 Å². The van der Waals surface area contributed by atoms with Crippen LogP contribution in [0.3, 0.4) is 0 Å². The summed E-state index contributed by atoms with van der Waals surface area (Å²) in [7, 11) is 2.23. The normalized spacial score (nSPS) is 45.4. The predicted octanol–water partition coefficient (Wildman–Crippen LogP) is 0.751. The largest absolute Gasteiger partial charge is 0.329 e. The van der Waals surface area contributed by atoms with E-state index in [1.807, 2.05) is 0 Å². The van der Waals surface area contributed by atoms with Crippen molar-refractivity contribution in [3.05, 3.63) is 0 Å². The van der Waals surface area contributed by atoms with Gasteiger partial charge < -0.3 is 10.6 Å². The molecule has 3 aliphatic rings. The fourth-order valence-corrected chi connectivity index (χ4v) is 4.43. The van der Waals surface area contributed by atoms with Gasteiger partial charge in [0.2, 0.25) is 0 Å². The molecule has 0 aromatic carbocycles. The lowest BCUT2D eigenvalue weighted by Crippen LogP contribution is -2.62. The molecule has 0 radical (unpaired) electrons. The SMILES string of the molecule is CN1CCN(C2(CN)CC3CCC2C3)CC1. The Labute approximate surface area is 99.0 Å². The van der Waals surface area contributed by atoms with E-state index < -0.39 is 0 Å². The van der Waals surface area contributed by atoms with Crippen molar-refractivity contribution < 1.29 is 0 Å². The first kappa shape index (κ1) is 11.0. The number of piperazine rings is 1. The van der Waals surface area contributed by atoms with Crippen molar-refractivity contribution in [2.24, 2.45) is 17.6 Å². The van der Waals surface area contributed by atoms with E-state index in [1.165, 1.54) is 51.9 Å². The third kappa shape index (κ3) is 1.52. The molecule has 3 heteroatoms. The highest BCUT2D eigenvalue weighted by atomic mass is 15.3. The number of likely N-dealkylation sites (N-methyl/N-ethyl adjacent to an activating group) is 1. The summed E-state index contributed by atoms with van der Waals surface area (Å²) in [4.78, 5) is 5.17. The smallest absolute Gasteiger partial charge is 0.0363 e. The second kappa shape index (κ2) is 3.97. The quantitative estimate of drug-likeness (QED) is 0.750. The van der Waals surface area contributed by atoms with Crippen LogP contribution in [0.15, 0.2) is 0 Å². The molecule has 1 heterocycles. The van der Waals surface area contributed by atoms with Crippen LogP contribution in [0.4, 0.5) is 0 Å². The molecule has 2 saturated carbocycles. The molecule has 3 fully saturated rings. The van der Waals surface area contributed by atoms with Crippen LogP contribution in [0.25, 0.3) is 0 Å². The fraction of sp³-hybridized carbons (Fsp3) is 1.00. The van der Waals surface area contributed by atoms with E-state index in [0.717, 1.165) is 18.4 Å². The Morgan fingerprint density at radius 2 is 1.94 bits per heavy atom. The minimum Gasteiger partial charge on any atom is -0.329 e. The molecular formula is C13H25N3. The minimum absolute atomic E-state index is 0.393. The van der Waals surface area contributed by atoms with E-state index >= 15 is 0 Å². The Balaban J connectivity index is 1.75. The van der Waals surface area contributed by atoms with Crippen LogP contribution in [0.5, 0.6) is 0 Å². The zero-order chi connectivity index (χ0) is 11.2. The lowest BCUT2D eigenvalue weighted by atomic mass is 9.79. The summed E-state index contributed by atoms with van der Waals surface area (Å²) in [6.45, 7) is 5.80. The zero-order valence-corrected chi connectivity index (χ0v) is 10.5. The summed E-state index contributed by atoms with van der Waals surface area (Å²) in [5.41, 5.74) is 6.56. The Morgan fingerprint density at radius 1 is 1.19 bits per heavy atom. The van der Waals surface area contributed by atoms with Crippen LogP contribution in [0.2, 0.25) is 0 Å². The highest BCUT2D eigenvalue weighted by Gasteiger charge is 2.53.